The van der Waals surface area contributed by atoms with Crippen LogP contribution in [0, 0.1) is 35.5 Å². The predicted molar refractivity (Wildman–Crippen MR) is 90.3 cm³/mol. The van der Waals surface area contributed by atoms with E-state index in [0.717, 1.165) is 25.2 Å². The fraction of sp³-hybridized carbons (Fsp3) is 0.789. The smallest absolute Gasteiger partial charge is 0.104 e. The Bertz CT molecular complexity index is 265. The van der Waals surface area contributed by atoms with Gasteiger partial charge in [-0.3, -0.25) is 0 Å². The summed E-state index contributed by atoms with van der Waals surface area (Å²) in [6, 6.07) is 0. The fourth-order valence-corrected chi connectivity index (χ4v) is 1.86. The summed E-state index contributed by atoms with van der Waals surface area (Å²) in [6.45, 7) is 11.0. The molecule has 0 bridgehead atoms. The molecule has 116 valence electrons. The number of hydrogen-bond donors (Lipinski definition) is 1. The minimum Gasteiger partial charge on any atom is -0.384 e. The zero-order valence-corrected chi connectivity index (χ0v) is 14.3. The summed E-state index contributed by atoms with van der Waals surface area (Å²) in [6.07, 6.45) is 8.07. The van der Waals surface area contributed by atoms with Crippen LogP contribution in [-0.4, -0.2) is 11.7 Å². The standard InChI is InChI=1S/C10H18.C9H16O/c1-4-6-7-9-10(3)8-5-2;1-3-6-9(2)7-4-5-8-10/h10H,4-5,8-9H2,1-3H3;9-10H,3,6-8H2,1-2H3. The molecular weight excluding hydrogens is 244 g/mol. The molecule has 0 amide bonds. The molecular formula is C19H34O. The van der Waals surface area contributed by atoms with Gasteiger partial charge >= 0.3 is 0 Å². The molecule has 1 heteroatoms. The lowest BCUT2D eigenvalue weighted by Gasteiger charge is -2.02. The zero-order chi connectivity index (χ0) is 15.6. The Morgan fingerprint density at radius 3 is 1.55 bits per heavy atom. The van der Waals surface area contributed by atoms with Crippen molar-refractivity contribution in [2.45, 2.75) is 79.6 Å². The van der Waals surface area contributed by atoms with E-state index in [9.17, 15) is 0 Å². The molecule has 0 fully saturated rings. The third kappa shape index (κ3) is 19.4. The van der Waals surface area contributed by atoms with Gasteiger partial charge < -0.3 is 5.11 Å². The Hall–Kier alpha value is -0.920. The molecule has 0 spiro atoms. The second-order valence-electron chi connectivity index (χ2n) is 5.41. The maximum Gasteiger partial charge on any atom is 0.104 e. The van der Waals surface area contributed by atoms with E-state index in [-0.39, 0.29) is 6.61 Å². The zero-order valence-electron chi connectivity index (χ0n) is 14.3. The second-order valence-corrected chi connectivity index (χ2v) is 5.41. The van der Waals surface area contributed by atoms with Crippen molar-refractivity contribution in [3.8, 4) is 23.7 Å². The lowest BCUT2D eigenvalue weighted by molar-refractivity contribution is 0.350. The topological polar surface area (TPSA) is 20.2 Å². The van der Waals surface area contributed by atoms with E-state index >= 15 is 0 Å². The van der Waals surface area contributed by atoms with Crippen LogP contribution in [0.3, 0.4) is 0 Å². The van der Waals surface area contributed by atoms with Gasteiger partial charge in [-0.2, -0.15) is 0 Å². The first kappa shape index (κ1) is 21.4. The molecule has 0 aromatic rings. The van der Waals surface area contributed by atoms with E-state index in [1.54, 1.807) is 0 Å². The SMILES string of the molecule is CCC#CCC(C)CCC.CCCC(C)CC#CCO. The van der Waals surface area contributed by atoms with Gasteiger partial charge in [0.05, 0.1) is 0 Å². The number of aliphatic hydroxyl groups is 1. The quantitative estimate of drug-likeness (QED) is 0.675. The van der Waals surface area contributed by atoms with Crippen molar-refractivity contribution >= 4 is 0 Å². The van der Waals surface area contributed by atoms with Gasteiger partial charge in [0.15, 0.2) is 0 Å². The van der Waals surface area contributed by atoms with Crippen LogP contribution in [0.1, 0.15) is 79.6 Å². The molecule has 0 aromatic heterocycles. The van der Waals surface area contributed by atoms with E-state index in [4.69, 9.17) is 5.11 Å². The molecule has 2 unspecified atom stereocenters. The average Bonchev–Trinajstić information content (AvgIpc) is 2.41. The molecule has 0 aromatic carbocycles. The highest BCUT2D eigenvalue weighted by atomic mass is 16.2. The summed E-state index contributed by atoms with van der Waals surface area (Å²) in [5.41, 5.74) is 0. The van der Waals surface area contributed by atoms with Gasteiger partial charge in [0.1, 0.15) is 6.61 Å². The Kier molecular flexibility index (Phi) is 19.3. The highest BCUT2D eigenvalue weighted by Gasteiger charge is 1.96. The monoisotopic (exact) mass is 278 g/mol. The van der Waals surface area contributed by atoms with Crippen LogP contribution in [0.2, 0.25) is 0 Å². The van der Waals surface area contributed by atoms with Crippen molar-refractivity contribution in [3.05, 3.63) is 0 Å². The summed E-state index contributed by atoms with van der Waals surface area (Å²) in [4.78, 5) is 0. The van der Waals surface area contributed by atoms with Crippen molar-refractivity contribution < 1.29 is 5.11 Å². The van der Waals surface area contributed by atoms with Gasteiger partial charge in [0, 0.05) is 19.3 Å². The maximum atomic E-state index is 8.34. The molecule has 1 N–H and O–H groups in total. The molecule has 2 atom stereocenters. The molecule has 20 heavy (non-hydrogen) atoms. The molecule has 0 aliphatic carbocycles. The van der Waals surface area contributed by atoms with Gasteiger partial charge in [-0.15, -0.1) is 17.8 Å². The van der Waals surface area contributed by atoms with Crippen LogP contribution in [0.25, 0.3) is 0 Å². The largest absolute Gasteiger partial charge is 0.384 e. The first-order valence-electron chi connectivity index (χ1n) is 8.14. The fourth-order valence-electron chi connectivity index (χ4n) is 1.86. The van der Waals surface area contributed by atoms with Crippen molar-refractivity contribution in [2.24, 2.45) is 11.8 Å². The van der Waals surface area contributed by atoms with Crippen LogP contribution < -0.4 is 0 Å². The first-order valence-corrected chi connectivity index (χ1v) is 8.14. The molecule has 0 heterocycles. The summed E-state index contributed by atoms with van der Waals surface area (Å²) < 4.78 is 0. The van der Waals surface area contributed by atoms with Crippen molar-refractivity contribution in [2.75, 3.05) is 6.61 Å². The summed E-state index contributed by atoms with van der Waals surface area (Å²) in [7, 11) is 0. The highest BCUT2D eigenvalue weighted by Crippen LogP contribution is 2.08. The van der Waals surface area contributed by atoms with Gasteiger partial charge in [0.2, 0.25) is 0 Å². The minimum atomic E-state index is -0.00115. The lowest BCUT2D eigenvalue weighted by Crippen LogP contribution is -1.90. The van der Waals surface area contributed by atoms with Gasteiger partial charge in [-0.25, -0.2) is 0 Å². The van der Waals surface area contributed by atoms with Crippen LogP contribution in [0.15, 0.2) is 0 Å². The van der Waals surface area contributed by atoms with Gasteiger partial charge in [-0.1, -0.05) is 66.2 Å². The average molecular weight is 278 g/mol. The maximum absolute atomic E-state index is 8.34. The molecule has 0 aliphatic heterocycles. The van der Waals surface area contributed by atoms with Crippen molar-refractivity contribution in [3.63, 3.8) is 0 Å². The molecule has 0 rings (SSSR count). The molecule has 1 nitrogen and oxygen atoms in total. The Labute approximate surface area is 127 Å². The van der Waals surface area contributed by atoms with Crippen molar-refractivity contribution in [1.82, 2.24) is 0 Å². The summed E-state index contributed by atoms with van der Waals surface area (Å²) >= 11 is 0. The van der Waals surface area contributed by atoms with E-state index in [1.165, 1.54) is 25.7 Å². The van der Waals surface area contributed by atoms with Crippen LogP contribution in [0.4, 0.5) is 0 Å². The van der Waals surface area contributed by atoms with E-state index in [0.29, 0.717) is 5.92 Å². The molecule has 0 saturated heterocycles. The molecule has 0 aliphatic rings. The van der Waals surface area contributed by atoms with Crippen LogP contribution in [0.5, 0.6) is 0 Å². The Morgan fingerprint density at radius 2 is 1.20 bits per heavy atom. The third-order valence-electron chi connectivity index (χ3n) is 2.97. The first-order chi connectivity index (χ1) is 9.62. The third-order valence-corrected chi connectivity index (χ3v) is 2.97. The minimum absolute atomic E-state index is 0.00115. The van der Waals surface area contributed by atoms with E-state index in [2.05, 4.69) is 58.3 Å². The van der Waals surface area contributed by atoms with Gasteiger partial charge in [0.25, 0.3) is 0 Å². The second kappa shape index (κ2) is 18.1. The highest BCUT2D eigenvalue weighted by molar-refractivity contribution is 4.99. The van der Waals surface area contributed by atoms with Crippen LogP contribution >= 0.6 is 0 Å². The number of hydrogen-bond acceptors (Lipinski definition) is 1. The normalized spacial score (nSPS) is 11.9. The van der Waals surface area contributed by atoms with Gasteiger partial charge in [-0.05, 0) is 11.8 Å². The number of rotatable bonds is 6. The number of aliphatic hydroxyl groups excluding tert-OH is 1. The van der Waals surface area contributed by atoms with E-state index < -0.39 is 0 Å². The summed E-state index contributed by atoms with van der Waals surface area (Å²) in [5.74, 6) is 13.3. The van der Waals surface area contributed by atoms with Crippen LogP contribution in [-0.2, 0) is 0 Å². The molecule has 0 saturated carbocycles. The Balaban J connectivity index is 0. The van der Waals surface area contributed by atoms with Crippen molar-refractivity contribution in [1.29, 1.82) is 0 Å². The Morgan fingerprint density at radius 1 is 0.750 bits per heavy atom. The predicted octanol–water partition coefficient (Wildman–Crippen LogP) is 5.03. The lowest BCUT2D eigenvalue weighted by atomic mass is 10.0. The summed E-state index contributed by atoms with van der Waals surface area (Å²) in [5, 5.41) is 8.34. The molecule has 0 radical (unpaired) electrons. The van der Waals surface area contributed by atoms with E-state index in [1.807, 2.05) is 0 Å².